The number of amides is 1. The van der Waals surface area contributed by atoms with E-state index in [0.717, 1.165) is 43.0 Å². The number of piperidine rings is 1. The van der Waals surface area contributed by atoms with Crippen molar-refractivity contribution in [3.8, 4) is 0 Å². The van der Waals surface area contributed by atoms with Crippen molar-refractivity contribution in [1.29, 1.82) is 0 Å². The molecule has 0 bridgehead atoms. The highest BCUT2D eigenvalue weighted by Crippen LogP contribution is 2.29. The van der Waals surface area contributed by atoms with Crippen LogP contribution in [0.25, 0.3) is 0 Å². The number of rotatable bonds is 3. The second kappa shape index (κ2) is 6.22. The number of carbonyl (C=O) groups excluding carboxylic acids is 1. The van der Waals surface area contributed by atoms with E-state index in [1.165, 1.54) is 11.3 Å². The maximum atomic E-state index is 12.7. The van der Waals surface area contributed by atoms with Crippen LogP contribution in [-0.2, 0) is 5.41 Å². The van der Waals surface area contributed by atoms with Crippen molar-refractivity contribution in [2.75, 3.05) is 26.7 Å². The minimum absolute atomic E-state index is 0.0740. The van der Waals surface area contributed by atoms with Crippen LogP contribution in [0.5, 0.6) is 0 Å². The summed E-state index contributed by atoms with van der Waals surface area (Å²) in [4.78, 5) is 19.9. The summed E-state index contributed by atoms with van der Waals surface area (Å²) in [5.74, 6) is 0.868. The van der Waals surface area contributed by atoms with Crippen LogP contribution >= 0.6 is 11.3 Å². The lowest BCUT2D eigenvalue weighted by Crippen LogP contribution is -2.40. The molecular weight excluding hydrogens is 270 g/mol. The third-order valence-electron chi connectivity index (χ3n) is 3.87. The molecule has 20 heavy (non-hydrogen) atoms. The molecule has 0 atom stereocenters. The van der Waals surface area contributed by atoms with Crippen LogP contribution in [0.15, 0.2) is 5.51 Å². The number of aromatic nitrogens is 1. The number of likely N-dealkylation sites (tertiary alicyclic amines) is 1. The van der Waals surface area contributed by atoms with E-state index in [9.17, 15) is 4.79 Å². The van der Waals surface area contributed by atoms with E-state index in [1.807, 2.05) is 11.9 Å². The van der Waals surface area contributed by atoms with E-state index < -0.39 is 0 Å². The van der Waals surface area contributed by atoms with E-state index in [-0.39, 0.29) is 11.3 Å². The fraction of sp³-hybridized carbons (Fsp3) is 0.733. The lowest BCUT2D eigenvalue weighted by atomic mass is 9.90. The summed E-state index contributed by atoms with van der Waals surface area (Å²) in [6.07, 6.45) is 2.19. The van der Waals surface area contributed by atoms with Gasteiger partial charge in [-0.3, -0.25) is 4.79 Å². The van der Waals surface area contributed by atoms with Crippen molar-refractivity contribution in [2.24, 2.45) is 5.92 Å². The maximum Gasteiger partial charge on any atom is 0.265 e. The molecule has 2 heterocycles. The molecule has 2 rings (SSSR count). The highest BCUT2D eigenvalue weighted by Gasteiger charge is 2.29. The minimum Gasteiger partial charge on any atom is -0.338 e. The molecule has 0 unspecified atom stereocenters. The van der Waals surface area contributed by atoms with Crippen molar-refractivity contribution >= 4 is 17.2 Å². The van der Waals surface area contributed by atoms with Crippen LogP contribution in [-0.4, -0.2) is 42.5 Å². The molecule has 1 aromatic rings. The van der Waals surface area contributed by atoms with Gasteiger partial charge in [0.1, 0.15) is 4.88 Å². The SMILES string of the molecule is CNCC1CCN(C(=O)c2scnc2C(C)(C)C)CC1. The Morgan fingerprint density at radius 2 is 2.10 bits per heavy atom. The molecule has 1 fully saturated rings. The number of carbonyl (C=O) groups is 1. The van der Waals surface area contributed by atoms with Crippen LogP contribution in [0.2, 0.25) is 0 Å². The summed E-state index contributed by atoms with van der Waals surface area (Å²) in [7, 11) is 1.99. The molecule has 0 saturated carbocycles. The summed E-state index contributed by atoms with van der Waals surface area (Å²) >= 11 is 1.47. The Morgan fingerprint density at radius 1 is 1.45 bits per heavy atom. The Hall–Kier alpha value is -0.940. The minimum atomic E-state index is -0.0740. The standard InChI is InChI=1S/C15H25N3OS/c1-15(2,3)13-12(20-10-17-13)14(19)18-7-5-11(6-8-18)9-16-4/h10-11,16H,5-9H2,1-4H3. The number of hydrogen-bond acceptors (Lipinski definition) is 4. The van der Waals surface area contributed by atoms with Gasteiger partial charge in [0, 0.05) is 18.5 Å². The third-order valence-corrected chi connectivity index (χ3v) is 4.68. The molecule has 112 valence electrons. The number of thiazole rings is 1. The Morgan fingerprint density at radius 3 is 2.65 bits per heavy atom. The van der Waals surface area contributed by atoms with Gasteiger partial charge in [-0.2, -0.15) is 0 Å². The first-order valence-electron chi connectivity index (χ1n) is 7.31. The molecule has 1 aliphatic heterocycles. The summed E-state index contributed by atoms with van der Waals surface area (Å²) in [5, 5.41) is 3.23. The quantitative estimate of drug-likeness (QED) is 0.932. The van der Waals surface area contributed by atoms with Gasteiger partial charge in [-0.25, -0.2) is 4.98 Å². The lowest BCUT2D eigenvalue weighted by molar-refractivity contribution is 0.0693. The van der Waals surface area contributed by atoms with Gasteiger partial charge in [-0.1, -0.05) is 20.8 Å². The van der Waals surface area contributed by atoms with Gasteiger partial charge in [0.05, 0.1) is 11.2 Å². The molecule has 4 nitrogen and oxygen atoms in total. The first-order valence-corrected chi connectivity index (χ1v) is 8.19. The van der Waals surface area contributed by atoms with Gasteiger partial charge >= 0.3 is 0 Å². The van der Waals surface area contributed by atoms with E-state index in [4.69, 9.17) is 0 Å². The van der Waals surface area contributed by atoms with Gasteiger partial charge in [0.25, 0.3) is 5.91 Å². The van der Waals surface area contributed by atoms with Gasteiger partial charge < -0.3 is 10.2 Å². The highest BCUT2D eigenvalue weighted by molar-refractivity contribution is 7.11. The average Bonchev–Trinajstić information content (AvgIpc) is 2.88. The Kier molecular flexibility index (Phi) is 4.81. The monoisotopic (exact) mass is 295 g/mol. The first kappa shape index (κ1) is 15.4. The second-order valence-corrected chi connectivity index (χ2v) is 7.43. The first-order chi connectivity index (χ1) is 9.43. The molecule has 0 radical (unpaired) electrons. The van der Waals surface area contributed by atoms with Gasteiger partial charge in [-0.05, 0) is 32.4 Å². The number of nitrogens with zero attached hydrogens (tertiary/aromatic N) is 2. The number of hydrogen-bond donors (Lipinski definition) is 1. The molecule has 0 spiro atoms. The Bertz CT molecular complexity index is 456. The van der Waals surface area contributed by atoms with Gasteiger partial charge in [0.15, 0.2) is 0 Å². The lowest BCUT2D eigenvalue weighted by Gasteiger charge is -2.32. The van der Waals surface area contributed by atoms with E-state index >= 15 is 0 Å². The van der Waals surface area contributed by atoms with Crippen LogP contribution in [0.3, 0.4) is 0 Å². The van der Waals surface area contributed by atoms with E-state index in [2.05, 4.69) is 31.1 Å². The predicted molar refractivity (Wildman–Crippen MR) is 83.4 cm³/mol. The van der Waals surface area contributed by atoms with Gasteiger partial charge in [0.2, 0.25) is 0 Å². The molecule has 1 aromatic heterocycles. The van der Waals surface area contributed by atoms with E-state index in [0.29, 0.717) is 5.92 Å². The molecular formula is C15H25N3OS. The zero-order chi connectivity index (χ0) is 14.8. The fourth-order valence-corrected chi connectivity index (χ4v) is 3.67. The van der Waals surface area contributed by atoms with Crippen molar-refractivity contribution in [1.82, 2.24) is 15.2 Å². The molecule has 1 N–H and O–H groups in total. The fourth-order valence-electron chi connectivity index (χ4n) is 2.70. The Balaban J connectivity index is 2.05. The highest BCUT2D eigenvalue weighted by atomic mass is 32.1. The zero-order valence-electron chi connectivity index (χ0n) is 12.9. The molecule has 1 saturated heterocycles. The van der Waals surface area contributed by atoms with Gasteiger partial charge in [-0.15, -0.1) is 11.3 Å². The summed E-state index contributed by atoms with van der Waals surface area (Å²) in [5.41, 5.74) is 2.65. The molecule has 1 amide bonds. The van der Waals surface area contributed by atoms with Crippen LogP contribution in [0.1, 0.15) is 49.0 Å². The topological polar surface area (TPSA) is 45.2 Å². The summed E-state index contributed by atoms with van der Waals surface area (Å²) < 4.78 is 0. The van der Waals surface area contributed by atoms with Crippen molar-refractivity contribution in [3.63, 3.8) is 0 Å². The molecule has 1 aliphatic rings. The summed E-state index contributed by atoms with van der Waals surface area (Å²) in [6.45, 7) is 9.11. The van der Waals surface area contributed by atoms with Crippen molar-refractivity contribution in [3.05, 3.63) is 16.1 Å². The molecule has 5 heteroatoms. The molecule has 0 aliphatic carbocycles. The Labute approximate surface area is 125 Å². The van der Waals surface area contributed by atoms with E-state index in [1.54, 1.807) is 5.51 Å². The molecule has 0 aromatic carbocycles. The van der Waals surface area contributed by atoms with Crippen molar-refractivity contribution < 1.29 is 4.79 Å². The predicted octanol–water partition coefficient (Wildman–Crippen LogP) is 2.51. The zero-order valence-corrected chi connectivity index (χ0v) is 13.7. The maximum absolute atomic E-state index is 12.7. The third kappa shape index (κ3) is 3.38. The van der Waals surface area contributed by atoms with Crippen molar-refractivity contribution in [2.45, 2.75) is 39.0 Å². The summed E-state index contributed by atoms with van der Waals surface area (Å²) in [6, 6.07) is 0. The second-order valence-electron chi connectivity index (χ2n) is 6.57. The van der Waals surface area contributed by atoms with Crippen LogP contribution in [0.4, 0.5) is 0 Å². The van der Waals surface area contributed by atoms with Crippen LogP contribution < -0.4 is 5.32 Å². The average molecular weight is 295 g/mol. The largest absolute Gasteiger partial charge is 0.338 e. The smallest absolute Gasteiger partial charge is 0.265 e. The number of nitrogens with one attached hydrogen (secondary N) is 1. The van der Waals surface area contributed by atoms with Crippen LogP contribution in [0, 0.1) is 5.92 Å². The normalized spacial score (nSPS) is 17.5.